The lowest BCUT2D eigenvalue weighted by atomic mass is 10.1. The zero-order chi connectivity index (χ0) is 20.8. The number of carbonyl (C=O) groups excluding carboxylic acids is 3. The molecule has 0 radical (unpaired) electrons. The first-order chi connectivity index (χ1) is 13.9. The second-order valence-electron chi connectivity index (χ2n) is 6.56. The maximum Gasteiger partial charge on any atom is 0.325 e. The predicted molar refractivity (Wildman–Crippen MR) is 112 cm³/mol. The van der Waals surface area contributed by atoms with Crippen LogP contribution in [0.1, 0.15) is 22.6 Å². The van der Waals surface area contributed by atoms with E-state index in [2.05, 4.69) is 15.6 Å². The molecule has 8 heteroatoms. The van der Waals surface area contributed by atoms with E-state index in [0.717, 1.165) is 26.4 Å². The Labute approximate surface area is 172 Å². The van der Waals surface area contributed by atoms with Gasteiger partial charge >= 0.3 is 12.0 Å². The third kappa shape index (κ3) is 5.86. The summed E-state index contributed by atoms with van der Waals surface area (Å²) in [6.07, 6.45) is 0.550. The number of ether oxygens (including phenoxy) is 1. The van der Waals surface area contributed by atoms with Gasteiger partial charge in [-0.3, -0.25) is 14.9 Å². The number of esters is 1. The van der Waals surface area contributed by atoms with Gasteiger partial charge in [0.1, 0.15) is 0 Å². The number of imide groups is 1. The molecule has 0 unspecified atom stereocenters. The summed E-state index contributed by atoms with van der Waals surface area (Å²) in [4.78, 5) is 40.0. The third-order valence-corrected chi connectivity index (χ3v) is 5.22. The van der Waals surface area contributed by atoms with Crippen molar-refractivity contribution in [2.75, 3.05) is 11.9 Å². The highest BCUT2D eigenvalue weighted by atomic mass is 32.1. The van der Waals surface area contributed by atoms with Gasteiger partial charge in [0.05, 0.1) is 21.6 Å². The number of aromatic nitrogens is 1. The van der Waals surface area contributed by atoms with Crippen molar-refractivity contribution >= 4 is 45.1 Å². The van der Waals surface area contributed by atoms with Gasteiger partial charge in [0.15, 0.2) is 6.61 Å². The highest BCUT2D eigenvalue weighted by Gasteiger charge is 2.13. The van der Waals surface area contributed by atoms with Crippen molar-refractivity contribution in [1.29, 1.82) is 0 Å². The lowest BCUT2D eigenvalue weighted by Gasteiger charge is -2.10. The van der Waals surface area contributed by atoms with Crippen molar-refractivity contribution in [3.05, 3.63) is 58.6 Å². The first kappa shape index (κ1) is 20.5. The summed E-state index contributed by atoms with van der Waals surface area (Å²) in [6.45, 7) is 3.29. The molecule has 0 spiro atoms. The Balaban J connectivity index is 1.40. The van der Waals surface area contributed by atoms with Gasteiger partial charge in [-0.2, -0.15) is 0 Å². The topological polar surface area (TPSA) is 97.4 Å². The molecule has 0 atom stereocenters. The minimum Gasteiger partial charge on any atom is -0.456 e. The molecule has 0 saturated carbocycles. The number of carbonyl (C=O) groups is 3. The Morgan fingerprint density at radius 2 is 1.90 bits per heavy atom. The number of urea groups is 1. The standard InChI is InChI=1S/C21H21N3O4S/c1-13-7-8-15(14(2)11-13)23-21(27)24-18(25)12-28-20(26)10-9-19-22-16-5-3-4-6-17(16)29-19/h3-8,11H,9-10,12H2,1-2H3,(H2,23,24,25,27). The average molecular weight is 411 g/mol. The number of amides is 3. The lowest BCUT2D eigenvalue weighted by molar-refractivity contribution is -0.148. The second kappa shape index (κ2) is 9.29. The minimum absolute atomic E-state index is 0.113. The van der Waals surface area contributed by atoms with Crippen LogP contribution in [0.3, 0.4) is 0 Å². The Morgan fingerprint density at radius 3 is 2.66 bits per heavy atom. The third-order valence-electron chi connectivity index (χ3n) is 4.13. The van der Waals surface area contributed by atoms with Crippen molar-refractivity contribution in [2.24, 2.45) is 0 Å². The van der Waals surface area contributed by atoms with Crippen LogP contribution in [-0.4, -0.2) is 29.5 Å². The Kier molecular flexibility index (Phi) is 6.56. The van der Waals surface area contributed by atoms with Crippen LogP contribution in [0.15, 0.2) is 42.5 Å². The van der Waals surface area contributed by atoms with Crippen LogP contribution in [0.2, 0.25) is 0 Å². The molecule has 0 aliphatic carbocycles. The lowest BCUT2D eigenvalue weighted by Crippen LogP contribution is -2.37. The van der Waals surface area contributed by atoms with Crippen molar-refractivity contribution in [3.63, 3.8) is 0 Å². The number of nitrogens with one attached hydrogen (secondary N) is 2. The number of fused-ring (bicyclic) bond motifs is 1. The Hall–Kier alpha value is -3.26. The fraction of sp³-hybridized carbons (Fsp3) is 0.238. The molecule has 7 nitrogen and oxygen atoms in total. The second-order valence-corrected chi connectivity index (χ2v) is 7.67. The van der Waals surface area contributed by atoms with Crippen molar-refractivity contribution < 1.29 is 19.1 Å². The average Bonchev–Trinajstić information content (AvgIpc) is 3.10. The summed E-state index contributed by atoms with van der Waals surface area (Å²) in [7, 11) is 0. The molecule has 0 aliphatic rings. The highest BCUT2D eigenvalue weighted by Crippen LogP contribution is 2.22. The number of aryl methyl sites for hydroxylation is 3. The molecule has 3 aromatic rings. The maximum absolute atomic E-state index is 11.9. The van der Waals surface area contributed by atoms with E-state index in [1.165, 1.54) is 11.3 Å². The summed E-state index contributed by atoms with van der Waals surface area (Å²) in [6, 6.07) is 12.6. The van der Waals surface area contributed by atoms with Gasteiger partial charge in [-0.1, -0.05) is 29.8 Å². The Bertz CT molecular complexity index is 1030. The van der Waals surface area contributed by atoms with Crippen LogP contribution in [-0.2, 0) is 20.7 Å². The van der Waals surface area contributed by atoms with Crippen LogP contribution in [0, 0.1) is 13.8 Å². The van der Waals surface area contributed by atoms with Crippen LogP contribution in [0.5, 0.6) is 0 Å². The van der Waals surface area contributed by atoms with E-state index in [-0.39, 0.29) is 6.42 Å². The van der Waals surface area contributed by atoms with Gasteiger partial charge in [-0.15, -0.1) is 11.3 Å². The summed E-state index contributed by atoms with van der Waals surface area (Å²) in [5, 5.41) is 5.57. The molecule has 150 valence electrons. The molecule has 1 heterocycles. The molecule has 1 aromatic heterocycles. The zero-order valence-electron chi connectivity index (χ0n) is 16.2. The van der Waals surface area contributed by atoms with Crippen LogP contribution in [0.4, 0.5) is 10.5 Å². The maximum atomic E-state index is 11.9. The molecule has 0 saturated heterocycles. The van der Waals surface area contributed by atoms with E-state index in [1.807, 2.05) is 50.2 Å². The van der Waals surface area contributed by atoms with Gasteiger partial charge < -0.3 is 10.1 Å². The molecule has 29 heavy (non-hydrogen) atoms. The number of hydrogen-bond donors (Lipinski definition) is 2. The molecule has 2 aromatic carbocycles. The first-order valence-corrected chi connectivity index (χ1v) is 9.90. The summed E-state index contributed by atoms with van der Waals surface area (Å²) in [5.41, 5.74) is 3.46. The van der Waals surface area contributed by atoms with E-state index in [0.29, 0.717) is 12.1 Å². The normalized spacial score (nSPS) is 10.6. The Morgan fingerprint density at radius 1 is 1.10 bits per heavy atom. The van der Waals surface area contributed by atoms with Gasteiger partial charge in [-0.05, 0) is 37.6 Å². The van der Waals surface area contributed by atoms with E-state index in [4.69, 9.17) is 4.74 Å². The SMILES string of the molecule is Cc1ccc(NC(=O)NC(=O)COC(=O)CCc2nc3ccccc3s2)c(C)c1. The molecule has 2 N–H and O–H groups in total. The number of anilines is 1. The molecule has 3 amide bonds. The fourth-order valence-corrected chi connectivity index (χ4v) is 3.69. The molecule has 0 aliphatic heterocycles. The predicted octanol–water partition coefficient (Wildman–Crippen LogP) is 3.74. The molecular formula is C21H21N3O4S. The van der Waals surface area contributed by atoms with Crippen LogP contribution >= 0.6 is 11.3 Å². The zero-order valence-corrected chi connectivity index (χ0v) is 17.0. The number of thiazole rings is 1. The molecule has 3 rings (SSSR count). The smallest absolute Gasteiger partial charge is 0.325 e. The van der Waals surface area contributed by atoms with E-state index in [9.17, 15) is 14.4 Å². The van der Waals surface area contributed by atoms with E-state index >= 15 is 0 Å². The number of rotatable bonds is 6. The fourth-order valence-electron chi connectivity index (χ4n) is 2.72. The highest BCUT2D eigenvalue weighted by molar-refractivity contribution is 7.18. The number of hydrogen-bond acceptors (Lipinski definition) is 6. The van der Waals surface area contributed by atoms with Crippen molar-refractivity contribution in [1.82, 2.24) is 10.3 Å². The van der Waals surface area contributed by atoms with Gasteiger partial charge in [0, 0.05) is 12.1 Å². The summed E-state index contributed by atoms with van der Waals surface area (Å²) in [5.74, 6) is -1.21. The molecule has 0 bridgehead atoms. The number of para-hydroxylation sites is 1. The summed E-state index contributed by atoms with van der Waals surface area (Å²) < 4.78 is 6.00. The minimum atomic E-state index is -0.694. The van der Waals surface area contributed by atoms with Gasteiger partial charge in [0.25, 0.3) is 5.91 Å². The van der Waals surface area contributed by atoms with Gasteiger partial charge in [0.2, 0.25) is 0 Å². The van der Waals surface area contributed by atoms with Crippen molar-refractivity contribution in [2.45, 2.75) is 26.7 Å². The van der Waals surface area contributed by atoms with E-state index in [1.54, 1.807) is 6.07 Å². The number of benzene rings is 2. The quantitative estimate of drug-likeness (QED) is 0.602. The van der Waals surface area contributed by atoms with Crippen LogP contribution in [0.25, 0.3) is 10.2 Å². The van der Waals surface area contributed by atoms with E-state index < -0.39 is 24.5 Å². The van der Waals surface area contributed by atoms with Crippen LogP contribution < -0.4 is 10.6 Å². The summed E-state index contributed by atoms with van der Waals surface area (Å²) >= 11 is 1.52. The van der Waals surface area contributed by atoms with Gasteiger partial charge in [-0.25, -0.2) is 9.78 Å². The molecular weight excluding hydrogens is 390 g/mol. The monoisotopic (exact) mass is 411 g/mol. The number of nitrogens with zero attached hydrogens (tertiary/aromatic N) is 1. The largest absolute Gasteiger partial charge is 0.456 e. The first-order valence-electron chi connectivity index (χ1n) is 9.09. The molecule has 0 fully saturated rings. The van der Waals surface area contributed by atoms with Crippen molar-refractivity contribution in [3.8, 4) is 0 Å².